The molecule has 2 aliphatic rings. The lowest BCUT2D eigenvalue weighted by Gasteiger charge is -2.24. The molecule has 0 spiro atoms. The predicted molar refractivity (Wildman–Crippen MR) is 80.5 cm³/mol. The van der Waals surface area contributed by atoms with Crippen LogP contribution in [0.25, 0.3) is 0 Å². The monoisotopic (exact) mass is 301 g/mol. The first-order chi connectivity index (χ1) is 10.6. The van der Waals surface area contributed by atoms with Crippen molar-refractivity contribution in [3.05, 3.63) is 41.5 Å². The van der Waals surface area contributed by atoms with Gasteiger partial charge in [0.2, 0.25) is 5.91 Å². The number of carboxylic acids is 1. The number of allylic oxidation sites excluding steroid dienone is 2. The maximum Gasteiger partial charge on any atom is 0.307 e. The first-order valence-electron chi connectivity index (χ1n) is 7.55. The second kappa shape index (κ2) is 6.22. The maximum absolute atomic E-state index is 12.3. The molecule has 0 saturated carbocycles. The molecule has 2 atom stereocenters. The number of amides is 1. The summed E-state index contributed by atoms with van der Waals surface area (Å²) in [5.41, 5.74) is 2.17. The number of aliphatic carboxylic acids is 1. The number of hydrogen-bond acceptors (Lipinski definition) is 3. The van der Waals surface area contributed by atoms with Crippen molar-refractivity contribution in [2.75, 3.05) is 6.61 Å². The van der Waals surface area contributed by atoms with E-state index in [1.807, 2.05) is 30.4 Å². The van der Waals surface area contributed by atoms with Gasteiger partial charge >= 0.3 is 5.97 Å². The van der Waals surface area contributed by atoms with Gasteiger partial charge in [-0.1, -0.05) is 24.3 Å². The molecule has 2 N–H and O–H groups in total. The fraction of sp³-hybridized carbons (Fsp3) is 0.412. The number of nitrogens with one attached hydrogen (secondary N) is 1. The molecule has 1 aromatic rings. The SMILES string of the molecule is O=C(NCc1ccc2c(c1)CCO2)[C@H]1CC=CC[C@H]1C(=O)O. The molecule has 1 aliphatic carbocycles. The van der Waals surface area contributed by atoms with Crippen LogP contribution in [0.3, 0.4) is 0 Å². The fourth-order valence-corrected chi connectivity index (χ4v) is 3.05. The Morgan fingerprint density at radius 3 is 2.77 bits per heavy atom. The van der Waals surface area contributed by atoms with Crippen LogP contribution in [-0.2, 0) is 22.6 Å². The van der Waals surface area contributed by atoms with Gasteiger partial charge in [-0.3, -0.25) is 9.59 Å². The third-order valence-corrected chi connectivity index (χ3v) is 4.31. The van der Waals surface area contributed by atoms with Crippen LogP contribution < -0.4 is 10.1 Å². The van der Waals surface area contributed by atoms with Crippen molar-refractivity contribution in [1.82, 2.24) is 5.32 Å². The summed E-state index contributed by atoms with van der Waals surface area (Å²) in [6.45, 7) is 1.12. The van der Waals surface area contributed by atoms with Gasteiger partial charge in [0.1, 0.15) is 5.75 Å². The topological polar surface area (TPSA) is 75.6 Å². The van der Waals surface area contributed by atoms with Crippen LogP contribution in [0.4, 0.5) is 0 Å². The summed E-state index contributed by atoms with van der Waals surface area (Å²) in [6.07, 6.45) is 5.52. The highest BCUT2D eigenvalue weighted by Crippen LogP contribution is 2.27. The van der Waals surface area contributed by atoms with Crippen molar-refractivity contribution in [2.24, 2.45) is 11.8 Å². The minimum Gasteiger partial charge on any atom is -0.493 e. The average Bonchev–Trinajstić information content (AvgIpc) is 3.00. The standard InChI is InChI=1S/C17H19NO4/c19-16(13-3-1-2-4-14(13)17(20)21)18-10-11-5-6-15-12(9-11)7-8-22-15/h1-2,5-6,9,13-14H,3-4,7-8,10H2,(H,18,19)(H,20,21)/t13-,14+/m0/s1. The molecular formula is C17H19NO4. The summed E-state index contributed by atoms with van der Waals surface area (Å²) in [5.74, 6) is -1.29. The minimum atomic E-state index is -0.904. The van der Waals surface area contributed by atoms with E-state index in [0.29, 0.717) is 26.0 Å². The van der Waals surface area contributed by atoms with Gasteiger partial charge in [-0.25, -0.2) is 0 Å². The molecule has 0 radical (unpaired) electrons. The number of carbonyl (C=O) groups is 2. The largest absolute Gasteiger partial charge is 0.493 e. The summed E-state index contributed by atoms with van der Waals surface area (Å²) in [7, 11) is 0. The molecule has 3 rings (SSSR count). The molecule has 0 fully saturated rings. The van der Waals surface area contributed by atoms with Gasteiger partial charge in [-0.2, -0.15) is 0 Å². The Labute approximate surface area is 129 Å². The molecule has 1 aliphatic heterocycles. The van der Waals surface area contributed by atoms with Crippen LogP contribution >= 0.6 is 0 Å². The summed E-state index contributed by atoms with van der Waals surface area (Å²) in [4.78, 5) is 23.5. The molecule has 1 aromatic carbocycles. The Morgan fingerprint density at radius 1 is 1.23 bits per heavy atom. The van der Waals surface area contributed by atoms with E-state index in [0.717, 1.165) is 23.3 Å². The number of carboxylic acid groups (broad SMARTS) is 1. The average molecular weight is 301 g/mol. The van der Waals surface area contributed by atoms with E-state index >= 15 is 0 Å². The quantitative estimate of drug-likeness (QED) is 0.833. The van der Waals surface area contributed by atoms with Crippen LogP contribution in [0.1, 0.15) is 24.0 Å². The first-order valence-corrected chi connectivity index (χ1v) is 7.55. The number of ether oxygens (including phenoxy) is 1. The second-order valence-electron chi connectivity index (χ2n) is 5.75. The Kier molecular flexibility index (Phi) is 4.13. The Balaban J connectivity index is 1.62. The Bertz CT molecular complexity index is 623. The van der Waals surface area contributed by atoms with Crippen LogP contribution in [-0.4, -0.2) is 23.6 Å². The predicted octanol–water partition coefficient (Wildman–Crippen LogP) is 1.90. The lowest BCUT2D eigenvalue weighted by Crippen LogP contribution is -2.38. The molecule has 22 heavy (non-hydrogen) atoms. The van der Waals surface area contributed by atoms with E-state index < -0.39 is 17.8 Å². The minimum absolute atomic E-state index is 0.187. The van der Waals surface area contributed by atoms with Gasteiger partial charge < -0.3 is 15.2 Å². The third kappa shape index (κ3) is 2.98. The summed E-state index contributed by atoms with van der Waals surface area (Å²) in [6, 6.07) is 5.89. The molecule has 0 aromatic heterocycles. The number of fused-ring (bicyclic) bond motifs is 1. The Hall–Kier alpha value is -2.30. The molecule has 1 amide bonds. The highest BCUT2D eigenvalue weighted by Gasteiger charge is 2.33. The van der Waals surface area contributed by atoms with Crippen LogP contribution in [0.2, 0.25) is 0 Å². The number of hydrogen-bond donors (Lipinski definition) is 2. The van der Waals surface area contributed by atoms with Crippen molar-refractivity contribution >= 4 is 11.9 Å². The van der Waals surface area contributed by atoms with Gasteiger partial charge in [0, 0.05) is 13.0 Å². The van der Waals surface area contributed by atoms with E-state index in [2.05, 4.69) is 5.32 Å². The van der Waals surface area contributed by atoms with E-state index in [1.165, 1.54) is 0 Å². The van der Waals surface area contributed by atoms with Crippen molar-refractivity contribution < 1.29 is 19.4 Å². The number of benzene rings is 1. The molecular weight excluding hydrogens is 282 g/mol. The van der Waals surface area contributed by atoms with Gasteiger partial charge in [-0.05, 0) is 30.0 Å². The normalized spacial score (nSPS) is 22.7. The van der Waals surface area contributed by atoms with Crippen LogP contribution in [0.15, 0.2) is 30.4 Å². The zero-order valence-electron chi connectivity index (χ0n) is 12.2. The molecule has 5 nitrogen and oxygen atoms in total. The highest BCUT2D eigenvalue weighted by molar-refractivity contribution is 5.85. The Morgan fingerprint density at radius 2 is 2.00 bits per heavy atom. The van der Waals surface area contributed by atoms with Crippen molar-refractivity contribution in [3.8, 4) is 5.75 Å². The van der Waals surface area contributed by atoms with Crippen LogP contribution in [0, 0.1) is 11.8 Å². The molecule has 116 valence electrons. The van der Waals surface area contributed by atoms with Crippen LogP contribution in [0.5, 0.6) is 5.75 Å². The molecule has 0 bridgehead atoms. The smallest absolute Gasteiger partial charge is 0.307 e. The zero-order chi connectivity index (χ0) is 15.5. The fourth-order valence-electron chi connectivity index (χ4n) is 3.05. The van der Waals surface area contributed by atoms with E-state index in [9.17, 15) is 14.7 Å². The summed E-state index contributed by atoms with van der Waals surface area (Å²) < 4.78 is 5.45. The lowest BCUT2D eigenvalue weighted by atomic mass is 9.82. The molecule has 5 heteroatoms. The van der Waals surface area contributed by atoms with Gasteiger partial charge in [0.25, 0.3) is 0 Å². The number of carbonyl (C=O) groups excluding carboxylic acids is 1. The highest BCUT2D eigenvalue weighted by atomic mass is 16.5. The lowest BCUT2D eigenvalue weighted by molar-refractivity contribution is -0.147. The molecule has 0 saturated heterocycles. The summed E-state index contributed by atoms with van der Waals surface area (Å²) >= 11 is 0. The van der Waals surface area contributed by atoms with Crippen molar-refractivity contribution in [3.63, 3.8) is 0 Å². The third-order valence-electron chi connectivity index (χ3n) is 4.31. The van der Waals surface area contributed by atoms with E-state index in [1.54, 1.807) is 0 Å². The van der Waals surface area contributed by atoms with Gasteiger partial charge in [-0.15, -0.1) is 0 Å². The zero-order valence-corrected chi connectivity index (χ0v) is 12.2. The first kappa shape index (κ1) is 14.6. The van der Waals surface area contributed by atoms with Crippen molar-refractivity contribution in [1.29, 1.82) is 0 Å². The van der Waals surface area contributed by atoms with E-state index in [-0.39, 0.29) is 5.91 Å². The molecule has 0 unspecified atom stereocenters. The number of rotatable bonds is 4. The maximum atomic E-state index is 12.3. The van der Waals surface area contributed by atoms with Gasteiger partial charge in [0.15, 0.2) is 0 Å². The molecule has 1 heterocycles. The second-order valence-corrected chi connectivity index (χ2v) is 5.75. The van der Waals surface area contributed by atoms with Crippen molar-refractivity contribution in [2.45, 2.75) is 25.8 Å². The summed E-state index contributed by atoms with van der Waals surface area (Å²) in [5, 5.41) is 12.1. The van der Waals surface area contributed by atoms with Gasteiger partial charge in [0.05, 0.1) is 18.4 Å². The van der Waals surface area contributed by atoms with E-state index in [4.69, 9.17) is 4.74 Å².